The van der Waals surface area contributed by atoms with E-state index in [0.717, 1.165) is 42.8 Å². The standard InChI is InChI=1S/C18H27N5O2/c1-5-12-11-16(23-15(20-12)8-9-19-23)21-13-6-7-14(10-13)22-17(24)25-18(2,3)4/h8-9,11,13-14,21H,5-7,10H2,1-4H3,(H,22,24)/t13-,14-/m1/s1. The molecule has 1 amide bonds. The largest absolute Gasteiger partial charge is 0.444 e. The predicted octanol–water partition coefficient (Wildman–Crippen LogP) is 3.15. The normalized spacial score (nSPS) is 20.6. The minimum Gasteiger partial charge on any atom is -0.444 e. The fourth-order valence-electron chi connectivity index (χ4n) is 3.18. The molecule has 1 aliphatic carbocycles. The molecule has 2 heterocycles. The Kier molecular flexibility index (Phi) is 4.83. The molecule has 0 unspecified atom stereocenters. The molecule has 0 aromatic carbocycles. The van der Waals surface area contributed by atoms with Crippen LogP contribution in [-0.4, -0.2) is 38.4 Å². The van der Waals surface area contributed by atoms with Gasteiger partial charge in [-0.25, -0.2) is 9.78 Å². The van der Waals surface area contributed by atoms with Crippen LogP contribution in [0.1, 0.15) is 52.7 Å². The van der Waals surface area contributed by atoms with Gasteiger partial charge in [0, 0.05) is 29.9 Å². The maximum atomic E-state index is 11.9. The van der Waals surface area contributed by atoms with Crippen molar-refractivity contribution >= 4 is 17.6 Å². The Morgan fingerprint density at radius 1 is 1.36 bits per heavy atom. The summed E-state index contributed by atoms with van der Waals surface area (Å²) in [6.45, 7) is 7.70. The number of carbonyl (C=O) groups is 1. The van der Waals surface area contributed by atoms with Gasteiger partial charge in [-0.15, -0.1) is 0 Å². The highest BCUT2D eigenvalue weighted by atomic mass is 16.6. The number of nitrogens with one attached hydrogen (secondary N) is 2. The maximum Gasteiger partial charge on any atom is 0.407 e. The molecule has 0 aliphatic heterocycles. The second-order valence-electron chi connectivity index (χ2n) is 7.58. The van der Waals surface area contributed by atoms with Crippen LogP contribution < -0.4 is 10.6 Å². The van der Waals surface area contributed by atoms with Gasteiger partial charge in [0.2, 0.25) is 0 Å². The highest BCUT2D eigenvalue weighted by Gasteiger charge is 2.28. The van der Waals surface area contributed by atoms with Crippen LogP contribution in [0.3, 0.4) is 0 Å². The molecule has 25 heavy (non-hydrogen) atoms. The number of rotatable bonds is 4. The number of aromatic nitrogens is 3. The average Bonchev–Trinajstić information content (AvgIpc) is 3.14. The summed E-state index contributed by atoms with van der Waals surface area (Å²) in [5.41, 5.74) is 1.42. The summed E-state index contributed by atoms with van der Waals surface area (Å²) in [5.74, 6) is 0.953. The molecule has 2 N–H and O–H groups in total. The van der Waals surface area contributed by atoms with E-state index in [2.05, 4.69) is 33.7 Å². The van der Waals surface area contributed by atoms with Crippen LogP contribution in [0.4, 0.5) is 10.6 Å². The van der Waals surface area contributed by atoms with Crippen molar-refractivity contribution < 1.29 is 9.53 Å². The smallest absolute Gasteiger partial charge is 0.407 e. The Labute approximate surface area is 148 Å². The van der Waals surface area contributed by atoms with E-state index in [1.807, 2.05) is 31.4 Å². The van der Waals surface area contributed by atoms with E-state index < -0.39 is 5.60 Å². The minimum atomic E-state index is -0.473. The first-order valence-corrected chi connectivity index (χ1v) is 8.94. The molecule has 1 fully saturated rings. The SMILES string of the molecule is CCc1cc(N[C@@H]2CC[C@@H](NC(=O)OC(C)(C)C)C2)n2nccc2n1. The number of amides is 1. The predicted molar refractivity (Wildman–Crippen MR) is 96.8 cm³/mol. The van der Waals surface area contributed by atoms with Crippen molar-refractivity contribution in [2.45, 2.75) is 71.1 Å². The number of hydrogen-bond acceptors (Lipinski definition) is 5. The van der Waals surface area contributed by atoms with E-state index in [1.165, 1.54) is 0 Å². The zero-order valence-electron chi connectivity index (χ0n) is 15.4. The summed E-state index contributed by atoms with van der Waals surface area (Å²) in [4.78, 5) is 16.5. The number of ether oxygens (including phenoxy) is 1. The Balaban J connectivity index is 1.62. The van der Waals surface area contributed by atoms with Gasteiger partial charge < -0.3 is 15.4 Å². The molecular formula is C18H27N5O2. The van der Waals surface area contributed by atoms with Gasteiger partial charge >= 0.3 is 6.09 Å². The molecule has 0 spiro atoms. The molecule has 2 aromatic heterocycles. The summed E-state index contributed by atoms with van der Waals surface area (Å²) >= 11 is 0. The van der Waals surface area contributed by atoms with Gasteiger partial charge in [-0.05, 0) is 46.5 Å². The van der Waals surface area contributed by atoms with E-state index in [0.29, 0.717) is 6.04 Å². The topological polar surface area (TPSA) is 80.5 Å². The third-order valence-electron chi connectivity index (χ3n) is 4.28. The van der Waals surface area contributed by atoms with Gasteiger partial charge in [-0.3, -0.25) is 0 Å². The number of carbonyl (C=O) groups excluding carboxylic acids is 1. The van der Waals surface area contributed by atoms with Crippen molar-refractivity contribution in [3.63, 3.8) is 0 Å². The molecule has 1 aliphatic rings. The van der Waals surface area contributed by atoms with Gasteiger partial charge in [0.05, 0.1) is 6.20 Å². The zero-order valence-corrected chi connectivity index (χ0v) is 15.4. The molecule has 1 saturated carbocycles. The molecule has 0 saturated heterocycles. The molecule has 3 rings (SSSR count). The van der Waals surface area contributed by atoms with Gasteiger partial charge in [0.25, 0.3) is 0 Å². The van der Waals surface area contributed by atoms with Crippen LogP contribution in [0.15, 0.2) is 18.3 Å². The number of aryl methyl sites for hydroxylation is 1. The first-order valence-electron chi connectivity index (χ1n) is 8.94. The summed E-state index contributed by atoms with van der Waals surface area (Å²) in [5, 5.41) is 10.9. The lowest BCUT2D eigenvalue weighted by Gasteiger charge is -2.22. The van der Waals surface area contributed by atoms with Crippen molar-refractivity contribution in [1.82, 2.24) is 19.9 Å². The molecule has 136 valence electrons. The van der Waals surface area contributed by atoms with Gasteiger partial charge in [0.1, 0.15) is 11.4 Å². The van der Waals surface area contributed by atoms with Gasteiger partial charge in [0.15, 0.2) is 5.65 Å². The summed E-state index contributed by atoms with van der Waals surface area (Å²) in [7, 11) is 0. The van der Waals surface area contributed by atoms with E-state index in [9.17, 15) is 4.79 Å². The second-order valence-corrected chi connectivity index (χ2v) is 7.58. The third kappa shape index (κ3) is 4.41. The van der Waals surface area contributed by atoms with Crippen LogP contribution in [0.2, 0.25) is 0 Å². The fraction of sp³-hybridized carbons (Fsp3) is 0.611. The summed E-state index contributed by atoms with van der Waals surface area (Å²) in [6.07, 6.45) is 5.09. The Hall–Kier alpha value is -2.31. The van der Waals surface area contributed by atoms with Crippen LogP contribution in [0.5, 0.6) is 0 Å². The quantitative estimate of drug-likeness (QED) is 0.890. The molecule has 2 atom stereocenters. The highest BCUT2D eigenvalue weighted by molar-refractivity contribution is 5.68. The van der Waals surface area contributed by atoms with E-state index >= 15 is 0 Å². The zero-order chi connectivity index (χ0) is 18.0. The molecule has 7 heteroatoms. The van der Waals surface area contributed by atoms with E-state index in [4.69, 9.17) is 4.74 Å². The number of nitrogens with zero attached hydrogens (tertiary/aromatic N) is 3. The Morgan fingerprint density at radius 2 is 2.12 bits per heavy atom. The van der Waals surface area contributed by atoms with E-state index in [1.54, 1.807) is 6.20 Å². The van der Waals surface area contributed by atoms with Crippen molar-refractivity contribution in [3.05, 3.63) is 24.0 Å². The lowest BCUT2D eigenvalue weighted by atomic mass is 10.2. The number of anilines is 1. The Morgan fingerprint density at radius 3 is 2.84 bits per heavy atom. The number of fused-ring (bicyclic) bond motifs is 1. The van der Waals surface area contributed by atoms with Crippen molar-refractivity contribution in [2.24, 2.45) is 0 Å². The first-order chi connectivity index (χ1) is 11.8. The lowest BCUT2D eigenvalue weighted by Crippen LogP contribution is -2.38. The maximum absolute atomic E-state index is 11.9. The summed E-state index contributed by atoms with van der Waals surface area (Å²) in [6, 6.07) is 4.38. The second kappa shape index (κ2) is 6.90. The van der Waals surface area contributed by atoms with Crippen molar-refractivity contribution in [1.29, 1.82) is 0 Å². The van der Waals surface area contributed by atoms with Crippen molar-refractivity contribution in [3.8, 4) is 0 Å². The summed E-state index contributed by atoms with van der Waals surface area (Å²) < 4.78 is 7.17. The Bertz CT molecular complexity index is 749. The minimum absolute atomic E-state index is 0.132. The molecular weight excluding hydrogens is 318 g/mol. The molecule has 0 radical (unpaired) electrons. The highest BCUT2D eigenvalue weighted by Crippen LogP contribution is 2.24. The number of hydrogen-bond donors (Lipinski definition) is 2. The molecule has 0 bridgehead atoms. The number of alkyl carbamates (subject to hydrolysis) is 1. The lowest BCUT2D eigenvalue weighted by molar-refractivity contribution is 0.0505. The third-order valence-corrected chi connectivity index (χ3v) is 4.28. The van der Waals surface area contributed by atoms with Crippen LogP contribution in [-0.2, 0) is 11.2 Å². The van der Waals surface area contributed by atoms with Crippen molar-refractivity contribution in [2.75, 3.05) is 5.32 Å². The monoisotopic (exact) mass is 345 g/mol. The fourth-order valence-corrected chi connectivity index (χ4v) is 3.18. The van der Waals surface area contributed by atoms with Gasteiger partial charge in [-0.1, -0.05) is 6.92 Å². The van der Waals surface area contributed by atoms with Crippen LogP contribution in [0.25, 0.3) is 5.65 Å². The average molecular weight is 345 g/mol. The molecule has 7 nitrogen and oxygen atoms in total. The van der Waals surface area contributed by atoms with Gasteiger partial charge in [-0.2, -0.15) is 9.61 Å². The first kappa shape index (κ1) is 17.5. The van der Waals surface area contributed by atoms with E-state index in [-0.39, 0.29) is 12.1 Å². The molecule has 2 aromatic rings. The van der Waals surface area contributed by atoms with Crippen LogP contribution in [0, 0.1) is 0 Å². The van der Waals surface area contributed by atoms with Crippen LogP contribution >= 0.6 is 0 Å².